The minimum atomic E-state index is -0.230. The van der Waals surface area contributed by atoms with E-state index < -0.39 is 0 Å². The van der Waals surface area contributed by atoms with Gasteiger partial charge in [0.05, 0.1) is 6.10 Å². The average molecular weight is 180 g/mol. The van der Waals surface area contributed by atoms with Gasteiger partial charge in [-0.15, -0.1) is 0 Å². The van der Waals surface area contributed by atoms with E-state index in [4.69, 9.17) is 4.74 Å². The second kappa shape index (κ2) is 3.36. The van der Waals surface area contributed by atoms with E-state index in [9.17, 15) is 4.39 Å². The maximum atomic E-state index is 13.3. The summed E-state index contributed by atoms with van der Waals surface area (Å²) >= 11 is 0. The third kappa shape index (κ3) is 2.00. The van der Waals surface area contributed by atoms with Crippen molar-refractivity contribution in [2.45, 2.75) is 32.3 Å². The molecule has 0 unspecified atom stereocenters. The van der Waals surface area contributed by atoms with Gasteiger partial charge in [-0.1, -0.05) is 13.0 Å². The van der Waals surface area contributed by atoms with Crippen LogP contribution in [0.5, 0.6) is 5.75 Å². The summed E-state index contributed by atoms with van der Waals surface area (Å²) < 4.78 is 18.7. The summed E-state index contributed by atoms with van der Waals surface area (Å²) in [5.74, 6) is 0.172. The fourth-order valence-corrected chi connectivity index (χ4v) is 1.23. The molecule has 1 nitrogen and oxygen atoms in total. The van der Waals surface area contributed by atoms with Crippen LogP contribution in [0.1, 0.15) is 25.3 Å². The van der Waals surface area contributed by atoms with E-state index in [1.165, 1.54) is 0 Å². The lowest BCUT2D eigenvalue weighted by molar-refractivity contribution is 0.287. The van der Waals surface area contributed by atoms with Crippen LogP contribution in [0.15, 0.2) is 18.2 Å². The molecule has 0 heterocycles. The molecule has 0 N–H and O–H groups in total. The lowest BCUT2D eigenvalue weighted by Gasteiger charge is -2.06. The summed E-state index contributed by atoms with van der Waals surface area (Å²) in [6.07, 6.45) is 3.26. The molecule has 0 amide bonds. The van der Waals surface area contributed by atoms with Crippen LogP contribution in [-0.4, -0.2) is 6.10 Å². The second-order valence-electron chi connectivity index (χ2n) is 3.44. The molecule has 0 aromatic heterocycles. The van der Waals surface area contributed by atoms with Crippen molar-refractivity contribution >= 4 is 0 Å². The molecule has 0 radical (unpaired) electrons. The lowest BCUT2D eigenvalue weighted by Crippen LogP contribution is -1.98. The first-order valence-corrected chi connectivity index (χ1v) is 4.74. The fraction of sp³-hybridized carbons (Fsp3) is 0.455. The van der Waals surface area contributed by atoms with E-state index in [1.807, 2.05) is 13.0 Å². The van der Waals surface area contributed by atoms with Gasteiger partial charge in [0.25, 0.3) is 0 Å². The quantitative estimate of drug-likeness (QED) is 0.695. The van der Waals surface area contributed by atoms with Crippen molar-refractivity contribution in [1.29, 1.82) is 0 Å². The van der Waals surface area contributed by atoms with E-state index in [-0.39, 0.29) is 11.9 Å². The Morgan fingerprint density at radius 1 is 1.46 bits per heavy atom. The molecule has 1 aliphatic carbocycles. The highest BCUT2D eigenvalue weighted by atomic mass is 19.1. The Labute approximate surface area is 77.5 Å². The van der Waals surface area contributed by atoms with Gasteiger partial charge in [-0.05, 0) is 37.0 Å². The molecule has 1 aromatic carbocycles. The first-order valence-electron chi connectivity index (χ1n) is 4.74. The van der Waals surface area contributed by atoms with Crippen molar-refractivity contribution in [3.05, 3.63) is 29.6 Å². The topological polar surface area (TPSA) is 9.23 Å². The van der Waals surface area contributed by atoms with Gasteiger partial charge in [0, 0.05) is 0 Å². The zero-order valence-corrected chi connectivity index (χ0v) is 7.72. The molecule has 1 fully saturated rings. The van der Waals surface area contributed by atoms with Crippen LogP contribution >= 0.6 is 0 Å². The first kappa shape index (κ1) is 8.54. The Morgan fingerprint density at radius 3 is 2.77 bits per heavy atom. The Balaban J connectivity index is 2.15. The molecule has 13 heavy (non-hydrogen) atoms. The maximum Gasteiger partial charge on any atom is 0.165 e. The molecule has 0 saturated heterocycles. The van der Waals surface area contributed by atoms with Gasteiger partial charge in [0.2, 0.25) is 0 Å². The van der Waals surface area contributed by atoms with Crippen LogP contribution in [0.4, 0.5) is 4.39 Å². The van der Waals surface area contributed by atoms with Crippen LogP contribution in [0.25, 0.3) is 0 Å². The van der Waals surface area contributed by atoms with Gasteiger partial charge >= 0.3 is 0 Å². The zero-order valence-electron chi connectivity index (χ0n) is 7.72. The van der Waals surface area contributed by atoms with E-state index in [0.717, 1.165) is 24.8 Å². The number of ether oxygens (including phenoxy) is 1. The summed E-state index contributed by atoms with van der Waals surface area (Å²) in [5, 5.41) is 0. The van der Waals surface area contributed by atoms with Crippen LogP contribution < -0.4 is 4.74 Å². The van der Waals surface area contributed by atoms with Crippen molar-refractivity contribution in [3.8, 4) is 5.75 Å². The smallest absolute Gasteiger partial charge is 0.165 e. The number of aryl methyl sites for hydroxylation is 1. The van der Waals surface area contributed by atoms with Crippen molar-refractivity contribution < 1.29 is 9.13 Å². The molecule has 2 heteroatoms. The van der Waals surface area contributed by atoms with Gasteiger partial charge in [-0.2, -0.15) is 0 Å². The van der Waals surface area contributed by atoms with Gasteiger partial charge in [0.1, 0.15) is 0 Å². The summed E-state index contributed by atoms with van der Waals surface area (Å²) in [6.45, 7) is 2.01. The van der Waals surface area contributed by atoms with E-state index in [0.29, 0.717) is 5.75 Å². The summed E-state index contributed by atoms with van der Waals surface area (Å²) in [5.41, 5.74) is 1.01. The molecule has 1 aliphatic rings. The molecule has 0 atom stereocenters. The number of hydrogen-bond donors (Lipinski definition) is 0. The molecule has 2 rings (SSSR count). The minimum Gasteiger partial charge on any atom is -0.487 e. The Kier molecular flexibility index (Phi) is 2.21. The predicted octanol–water partition coefficient (Wildman–Crippen LogP) is 2.93. The zero-order chi connectivity index (χ0) is 9.26. The summed E-state index contributed by atoms with van der Waals surface area (Å²) in [4.78, 5) is 0. The highest BCUT2D eigenvalue weighted by Gasteiger charge is 2.24. The Bertz CT molecular complexity index is 305. The summed E-state index contributed by atoms with van der Waals surface area (Å²) in [6, 6.07) is 5.20. The van der Waals surface area contributed by atoms with E-state index in [1.54, 1.807) is 12.1 Å². The van der Waals surface area contributed by atoms with Crippen LogP contribution in [-0.2, 0) is 6.42 Å². The molecule has 1 saturated carbocycles. The fourth-order valence-electron chi connectivity index (χ4n) is 1.23. The van der Waals surface area contributed by atoms with Gasteiger partial charge in [-0.25, -0.2) is 4.39 Å². The standard InChI is InChI=1S/C11H13FO/c1-2-8-3-6-11(10(12)7-8)13-9-4-5-9/h3,6-7,9H,2,4-5H2,1H3. The van der Waals surface area contributed by atoms with Gasteiger partial charge < -0.3 is 4.74 Å². The molecular weight excluding hydrogens is 167 g/mol. The molecule has 0 spiro atoms. The number of hydrogen-bond acceptors (Lipinski definition) is 1. The first-order chi connectivity index (χ1) is 6.29. The van der Waals surface area contributed by atoms with Crippen LogP contribution in [0.2, 0.25) is 0 Å². The number of benzene rings is 1. The summed E-state index contributed by atoms with van der Waals surface area (Å²) in [7, 11) is 0. The van der Waals surface area contributed by atoms with Crippen LogP contribution in [0, 0.1) is 5.82 Å². The van der Waals surface area contributed by atoms with Crippen molar-refractivity contribution in [2.24, 2.45) is 0 Å². The van der Waals surface area contributed by atoms with E-state index in [2.05, 4.69) is 0 Å². The molecule has 0 aliphatic heterocycles. The Morgan fingerprint density at radius 2 is 2.23 bits per heavy atom. The number of halogens is 1. The highest BCUT2D eigenvalue weighted by Crippen LogP contribution is 2.28. The predicted molar refractivity (Wildman–Crippen MR) is 49.4 cm³/mol. The molecule has 70 valence electrons. The Hall–Kier alpha value is -1.05. The SMILES string of the molecule is CCc1ccc(OC2CC2)c(F)c1. The van der Waals surface area contributed by atoms with Crippen molar-refractivity contribution in [1.82, 2.24) is 0 Å². The molecular formula is C11H13FO. The third-order valence-electron chi connectivity index (χ3n) is 2.22. The largest absolute Gasteiger partial charge is 0.487 e. The van der Waals surface area contributed by atoms with E-state index >= 15 is 0 Å². The second-order valence-corrected chi connectivity index (χ2v) is 3.44. The minimum absolute atomic E-state index is 0.230. The highest BCUT2D eigenvalue weighted by molar-refractivity contribution is 5.29. The normalized spacial score (nSPS) is 15.8. The van der Waals surface area contributed by atoms with Crippen LogP contribution in [0.3, 0.4) is 0 Å². The average Bonchev–Trinajstić information content (AvgIpc) is 2.92. The number of rotatable bonds is 3. The van der Waals surface area contributed by atoms with Gasteiger partial charge in [-0.3, -0.25) is 0 Å². The van der Waals surface area contributed by atoms with Crippen molar-refractivity contribution in [3.63, 3.8) is 0 Å². The molecule has 1 aromatic rings. The monoisotopic (exact) mass is 180 g/mol. The molecule has 0 bridgehead atoms. The van der Waals surface area contributed by atoms with Gasteiger partial charge in [0.15, 0.2) is 11.6 Å². The van der Waals surface area contributed by atoms with Crippen molar-refractivity contribution in [2.75, 3.05) is 0 Å². The lowest BCUT2D eigenvalue weighted by atomic mass is 10.1. The maximum absolute atomic E-state index is 13.3. The third-order valence-corrected chi connectivity index (χ3v) is 2.22.